The second-order valence-electron chi connectivity index (χ2n) is 14.3. The molecule has 0 unspecified atom stereocenters. The second-order valence-corrected chi connectivity index (χ2v) is 19.1. The van der Waals surface area contributed by atoms with Gasteiger partial charge in [-0.15, -0.1) is 0 Å². The molecule has 2 atom stereocenters. The van der Waals surface area contributed by atoms with E-state index in [-0.39, 0.29) is 17.9 Å². The van der Waals surface area contributed by atoms with Crippen LogP contribution in [-0.2, 0) is 4.79 Å². The number of carbonyl (C=O) groups is 1. The van der Waals surface area contributed by atoms with Crippen LogP contribution in [0.5, 0.6) is 0 Å². The van der Waals surface area contributed by atoms with Crippen molar-refractivity contribution in [2.75, 3.05) is 13.2 Å². The molecule has 1 aliphatic rings. The zero-order valence-electron chi connectivity index (χ0n) is 30.0. The molecule has 266 valence electrons. The molecule has 0 spiro atoms. The van der Waals surface area contributed by atoms with Crippen LogP contribution in [0.3, 0.4) is 0 Å². The standard InChI is InChI=1S/C46H52Cl2NOP/c1-49(45-33-31-40(41-27-18-19-28-42(41)45)36-30-32-43(47)44(48)35-36)46(50)29-17-6-4-2-3-5-7-20-34-51(37-21-11-8-12-22-37,38-23-13-9-14-24-38)39-25-15-10-16-26-39/h8-16,18-19,21-28,30,32,35,40,45,51H,2-7,17,20,29,31,33-34H2,1H3/t40-,45-/m0/s1. The number of rotatable bonds is 16. The average molecular weight is 737 g/mol. The number of benzene rings is 5. The van der Waals surface area contributed by atoms with E-state index in [1.807, 2.05) is 24.1 Å². The topological polar surface area (TPSA) is 20.3 Å². The molecule has 0 radical (unpaired) electrons. The van der Waals surface area contributed by atoms with Crippen molar-refractivity contribution in [3.63, 3.8) is 0 Å². The molecule has 2 nitrogen and oxygen atoms in total. The Morgan fingerprint density at radius 1 is 0.588 bits per heavy atom. The smallest absolute Gasteiger partial charge is 0.0595 e. The van der Waals surface area contributed by atoms with Crippen molar-refractivity contribution in [1.82, 2.24) is 4.90 Å². The predicted molar refractivity (Wildman–Crippen MR) is 222 cm³/mol. The Bertz CT molecular complexity index is 1730. The molecule has 51 heavy (non-hydrogen) atoms. The van der Waals surface area contributed by atoms with Crippen molar-refractivity contribution < 1.29 is 4.79 Å². The molecule has 0 aromatic heterocycles. The number of nitrogens with zero attached hydrogens (tertiary/aromatic N) is 1. The van der Waals surface area contributed by atoms with E-state index in [9.17, 15) is 4.79 Å². The molecule has 1 aliphatic carbocycles. The van der Waals surface area contributed by atoms with Crippen molar-refractivity contribution in [3.05, 3.63) is 160 Å². The molecule has 0 saturated heterocycles. The number of carbonyl (C=O) groups excluding carboxylic acids is 1. The fraction of sp³-hybridized carbons (Fsp3) is 0.326. The van der Waals surface area contributed by atoms with Gasteiger partial charge in [0.25, 0.3) is 0 Å². The van der Waals surface area contributed by atoms with Crippen molar-refractivity contribution in [3.8, 4) is 0 Å². The number of hydrogen-bond acceptors (Lipinski definition) is 1. The molecule has 5 heteroatoms. The second kappa shape index (κ2) is 18.4. The maximum atomic E-state index is 13.4. The summed E-state index contributed by atoms with van der Waals surface area (Å²) in [7, 11) is -0.137. The third-order valence-electron chi connectivity index (χ3n) is 11.2. The Labute approximate surface area is 316 Å². The SMILES string of the molecule is CN(C(=O)CCCCCCCCCC[PH](c1ccccc1)(c1ccccc1)c1ccccc1)[C@H]1CC[C@@H](c2ccc(Cl)c(Cl)c2)c2ccccc21. The number of fused-ring (bicyclic) bond motifs is 1. The van der Waals surface area contributed by atoms with Crippen molar-refractivity contribution >= 4 is 52.3 Å². The van der Waals surface area contributed by atoms with Gasteiger partial charge in [-0.2, -0.15) is 0 Å². The van der Waals surface area contributed by atoms with E-state index < -0.39 is 7.26 Å². The van der Waals surface area contributed by atoms with Gasteiger partial charge >= 0.3 is 194 Å². The summed E-state index contributed by atoms with van der Waals surface area (Å²) in [6, 6.07) is 48.5. The normalized spacial score (nSPS) is 16.0. The summed E-state index contributed by atoms with van der Waals surface area (Å²) in [5, 5.41) is 5.68. The monoisotopic (exact) mass is 735 g/mol. The molecule has 5 aromatic carbocycles. The van der Waals surface area contributed by atoms with Crippen LogP contribution < -0.4 is 15.9 Å². The first-order valence-corrected chi connectivity index (χ1v) is 21.9. The third kappa shape index (κ3) is 8.97. The molecular formula is C46H52Cl2NOP. The van der Waals surface area contributed by atoms with Crippen LogP contribution in [0, 0.1) is 0 Å². The van der Waals surface area contributed by atoms with E-state index in [1.165, 1.54) is 77.3 Å². The fourth-order valence-electron chi connectivity index (χ4n) is 8.42. The van der Waals surface area contributed by atoms with Crippen LogP contribution in [-0.4, -0.2) is 24.0 Å². The van der Waals surface area contributed by atoms with Gasteiger partial charge in [0.15, 0.2) is 0 Å². The van der Waals surface area contributed by atoms with Gasteiger partial charge in [0, 0.05) is 13.0 Å². The van der Waals surface area contributed by atoms with Gasteiger partial charge in [0.1, 0.15) is 0 Å². The first-order chi connectivity index (χ1) is 25.0. The van der Waals surface area contributed by atoms with Crippen LogP contribution in [0.25, 0.3) is 0 Å². The van der Waals surface area contributed by atoms with Crippen molar-refractivity contribution in [2.45, 2.75) is 82.6 Å². The summed E-state index contributed by atoms with van der Waals surface area (Å²) in [5.74, 6) is 0.516. The zero-order chi connectivity index (χ0) is 35.5. The van der Waals surface area contributed by atoms with E-state index in [0.29, 0.717) is 16.5 Å². The molecule has 5 aromatic rings. The van der Waals surface area contributed by atoms with E-state index >= 15 is 0 Å². The number of hydrogen-bond donors (Lipinski definition) is 0. The van der Waals surface area contributed by atoms with Gasteiger partial charge in [-0.3, -0.25) is 0 Å². The number of amides is 1. The van der Waals surface area contributed by atoms with E-state index in [2.05, 4.69) is 121 Å². The van der Waals surface area contributed by atoms with Gasteiger partial charge in [-0.1, -0.05) is 53.5 Å². The Hall–Kier alpha value is -3.42. The first kappa shape index (κ1) is 37.3. The number of unbranched alkanes of at least 4 members (excludes halogenated alkanes) is 7. The Morgan fingerprint density at radius 2 is 1.08 bits per heavy atom. The van der Waals surface area contributed by atoms with Crippen LogP contribution in [0.1, 0.15) is 99.3 Å². The molecule has 0 bridgehead atoms. The van der Waals surface area contributed by atoms with Crippen molar-refractivity contribution in [1.29, 1.82) is 0 Å². The summed E-state index contributed by atoms with van der Waals surface area (Å²) in [6.07, 6.45) is 13.3. The predicted octanol–water partition coefficient (Wildman–Crippen LogP) is 11.7. The molecule has 6 rings (SSSR count). The van der Waals surface area contributed by atoms with Gasteiger partial charge in [-0.25, -0.2) is 0 Å². The summed E-state index contributed by atoms with van der Waals surface area (Å²) in [5.41, 5.74) is 3.73. The Kier molecular flexibility index (Phi) is 13.5. The summed E-state index contributed by atoms with van der Waals surface area (Å²) < 4.78 is 0. The molecule has 0 fully saturated rings. The van der Waals surface area contributed by atoms with Crippen molar-refractivity contribution in [2.24, 2.45) is 0 Å². The maximum absolute atomic E-state index is 13.4. The van der Waals surface area contributed by atoms with Crippen LogP contribution in [0.2, 0.25) is 10.0 Å². The minimum atomic E-state index is -2.13. The van der Waals surface area contributed by atoms with Gasteiger partial charge in [0.05, 0.1) is 16.1 Å². The van der Waals surface area contributed by atoms with Gasteiger partial charge in [-0.05, 0) is 41.7 Å². The van der Waals surface area contributed by atoms with Crippen LogP contribution in [0.4, 0.5) is 0 Å². The molecular weight excluding hydrogens is 684 g/mol. The van der Waals surface area contributed by atoms with E-state index in [1.54, 1.807) is 0 Å². The van der Waals surface area contributed by atoms with Crippen LogP contribution >= 0.6 is 30.5 Å². The Balaban J connectivity index is 0.947. The van der Waals surface area contributed by atoms with Crippen LogP contribution in [0.15, 0.2) is 133 Å². The molecule has 1 amide bonds. The average Bonchev–Trinajstić information content (AvgIpc) is 3.18. The molecule has 0 N–H and O–H groups in total. The molecule has 0 heterocycles. The molecule has 0 saturated carbocycles. The summed E-state index contributed by atoms with van der Waals surface area (Å²) >= 11 is 12.6. The van der Waals surface area contributed by atoms with E-state index in [4.69, 9.17) is 23.2 Å². The zero-order valence-corrected chi connectivity index (χ0v) is 32.5. The third-order valence-corrected chi connectivity index (χ3v) is 17.0. The fourth-order valence-corrected chi connectivity index (χ4v) is 13.7. The van der Waals surface area contributed by atoms with Gasteiger partial charge in [0.2, 0.25) is 0 Å². The molecule has 0 aliphatic heterocycles. The first-order valence-electron chi connectivity index (χ1n) is 18.9. The Morgan fingerprint density at radius 3 is 1.63 bits per heavy atom. The quantitative estimate of drug-likeness (QED) is 0.0730. The van der Waals surface area contributed by atoms with Gasteiger partial charge < -0.3 is 0 Å². The number of halogens is 2. The minimum Gasteiger partial charge on any atom is -0.0827 e. The summed E-state index contributed by atoms with van der Waals surface area (Å²) in [6.45, 7) is 0. The summed E-state index contributed by atoms with van der Waals surface area (Å²) in [4.78, 5) is 15.4. The largest absolute Gasteiger partial charge is 0.0827 e. The van der Waals surface area contributed by atoms with E-state index in [0.717, 1.165) is 25.7 Å². The minimum absolute atomic E-state index is 0.111. The maximum Gasteiger partial charge on any atom is 0.0595 e.